The van der Waals surface area contributed by atoms with Gasteiger partial charge in [0.15, 0.2) is 9.84 Å². The van der Waals surface area contributed by atoms with E-state index in [4.69, 9.17) is 4.74 Å². The molecule has 236 valence electrons. The zero-order chi connectivity index (χ0) is 30.5. The number of carbonyl (C=O) groups is 2. The van der Waals surface area contributed by atoms with Crippen LogP contribution in [0.5, 0.6) is 0 Å². The lowest BCUT2D eigenvalue weighted by atomic mass is 9.72. The van der Waals surface area contributed by atoms with E-state index in [0.29, 0.717) is 31.1 Å². The molecule has 2 saturated heterocycles. The summed E-state index contributed by atoms with van der Waals surface area (Å²) in [4.78, 5) is 28.7. The van der Waals surface area contributed by atoms with Gasteiger partial charge in [-0.05, 0) is 70.3 Å². The van der Waals surface area contributed by atoms with Crippen molar-refractivity contribution in [1.29, 1.82) is 0 Å². The number of sulfone groups is 1. The number of nitrogens with one attached hydrogen (secondary N) is 2. The van der Waals surface area contributed by atoms with Crippen LogP contribution in [0, 0.1) is 11.8 Å². The number of carbonyl (C=O) groups excluding carboxylic acids is 2. The molecular weight excluding hydrogens is 554 g/mol. The zero-order valence-corrected chi connectivity index (χ0v) is 26.6. The number of alkyl carbamates (subject to hydrolysis) is 1. The van der Waals surface area contributed by atoms with Crippen molar-refractivity contribution in [2.75, 3.05) is 18.8 Å². The molecule has 2 heterocycles. The molecule has 10 heteroatoms. The van der Waals surface area contributed by atoms with E-state index in [0.717, 1.165) is 31.4 Å². The van der Waals surface area contributed by atoms with Crippen molar-refractivity contribution < 1.29 is 27.9 Å². The molecule has 42 heavy (non-hydrogen) atoms. The molecular formula is C32H51N3O6S. The first-order valence-electron chi connectivity index (χ1n) is 15.8. The van der Waals surface area contributed by atoms with Crippen LogP contribution in [0.1, 0.15) is 84.6 Å². The number of aliphatic hydroxyl groups is 1. The summed E-state index contributed by atoms with van der Waals surface area (Å²) in [6.45, 7) is 8.82. The highest BCUT2D eigenvalue weighted by molar-refractivity contribution is 7.92. The molecule has 1 aromatic carbocycles. The second kappa shape index (κ2) is 14.1. The van der Waals surface area contributed by atoms with E-state index < -0.39 is 39.4 Å². The summed E-state index contributed by atoms with van der Waals surface area (Å²) >= 11 is 0. The van der Waals surface area contributed by atoms with E-state index in [2.05, 4.69) is 15.5 Å². The van der Waals surface area contributed by atoms with E-state index >= 15 is 0 Å². The molecule has 1 saturated carbocycles. The lowest BCUT2D eigenvalue weighted by Crippen LogP contribution is -2.60. The van der Waals surface area contributed by atoms with Crippen molar-refractivity contribution in [3.05, 3.63) is 35.9 Å². The summed E-state index contributed by atoms with van der Waals surface area (Å²) < 4.78 is 30.7. The fourth-order valence-corrected chi connectivity index (χ4v) is 9.21. The van der Waals surface area contributed by atoms with Crippen LogP contribution in [0.4, 0.5) is 4.79 Å². The first-order chi connectivity index (χ1) is 19.9. The monoisotopic (exact) mass is 605 g/mol. The smallest absolute Gasteiger partial charge is 0.407 e. The van der Waals surface area contributed by atoms with Gasteiger partial charge in [-0.15, -0.1) is 0 Å². The van der Waals surface area contributed by atoms with Crippen LogP contribution in [0.2, 0.25) is 0 Å². The summed E-state index contributed by atoms with van der Waals surface area (Å²) in [6, 6.07) is 8.60. The van der Waals surface area contributed by atoms with Gasteiger partial charge in [0.25, 0.3) is 0 Å². The molecule has 0 unspecified atom stereocenters. The maximum atomic E-state index is 13.5. The highest BCUT2D eigenvalue weighted by atomic mass is 32.2. The molecule has 3 N–H and O–H groups in total. The van der Waals surface area contributed by atoms with E-state index in [1.54, 1.807) is 0 Å². The Kier molecular flexibility index (Phi) is 11.0. The third-order valence-corrected chi connectivity index (χ3v) is 11.5. The first-order valence-corrected chi connectivity index (χ1v) is 17.5. The van der Waals surface area contributed by atoms with Crippen molar-refractivity contribution in [1.82, 2.24) is 15.5 Å². The molecule has 2 amide bonds. The Bertz CT molecular complexity index is 1150. The number of nitrogens with zero attached hydrogens (tertiary/aromatic N) is 1. The average molecular weight is 606 g/mol. The third-order valence-electron chi connectivity index (χ3n) is 9.19. The van der Waals surface area contributed by atoms with Gasteiger partial charge in [0.2, 0.25) is 5.91 Å². The number of piperidine rings is 1. The molecule has 3 fully saturated rings. The summed E-state index contributed by atoms with van der Waals surface area (Å²) in [6.07, 6.45) is 4.84. The van der Waals surface area contributed by atoms with Crippen LogP contribution in [0.15, 0.2) is 30.3 Å². The molecule has 0 radical (unpaired) electrons. The van der Waals surface area contributed by atoms with Gasteiger partial charge in [-0.2, -0.15) is 0 Å². The number of benzene rings is 1. The van der Waals surface area contributed by atoms with Crippen molar-refractivity contribution in [3.63, 3.8) is 0 Å². The highest BCUT2D eigenvalue weighted by Crippen LogP contribution is 2.39. The minimum Gasteiger partial charge on any atom is -0.445 e. The number of amides is 2. The fourth-order valence-electron chi connectivity index (χ4n) is 7.10. The van der Waals surface area contributed by atoms with Gasteiger partial charge in [-0.3, -0.25) is 9.69 Å². The Morgan fingerprint density at radius 3 is 2.45 bits per heavy atom. The quantitative estimate of drug-likeness (QED) is 0.370. The molecule has 9 nitrogen and oxygen atoms in total. The normalized spacial score (nSPS) is 29.2. The molecule has 0 spiro atoms. The molecule has 0 bridgehead atoms. The minimum absolute atomic E-state index is 0.0147. The van der Waals surface area contributed by atoms with Crippen LogP contribution in [-0.2, 0) is 25.8 Å². The number of hydrogen-bond donors (Lipinski definition) is 3. The highest BCUT2D eigenvalue weighted by Gasteiger charge is 2.43. The summed E-state index contributed by atoms with van der Waals surface area (Å²) in [5, 5.41) is 17.0. The number of hydrogen-bond acceptors (Lipinski definition) is 7. The van der Waals surface area contributed by atoms with Crippen LogP contribution in [-0.4, -0.2) is 84.3 Å². The average Bonchev–Trinajstić information content (AvgIpc) is 3.20. The van der Waals surface area contributed by atoms with Crippen LogP contribution in [0.25, 0.3) is 0 Å². The first kappa shape index (κ1) is 32.7. The lowest BCUT2D eigenvalue weighted by Gasteiger charge is -2.47. The Morgan fingerprint density at radius 1 is 1.10 bits per heavy atom. The van der Waals surface area contributed by atoms with Gasteiger partial charge < -0.3 is 20.5 Å². The topological polar surface area (TPSA) is 125 Å². The second-order valence-electron chi connectivity index (χ2n) is 13.7. The van der Waals surface area contributed by atoms with Gasteiger partial charge in [0.1, 0.15) is 6.10 Å². The summed E-state index contributed by atoms with van der Waals surface area (Å²) in [5.41, 5.74) is 0.581. The molecule has 4 rings (SSSR count). The van der Waals surface area contributed by atoms with Crippen LogP contribution < -0.4 is 10.6 Å². The largest absolute Gasteiger partial charge is 0.445 e. The van der Waals surface area contributed by atoms with E-state index in [1.165, 1.54) is 12.8 Å². The van der Waals surface area contributed by atoms with Crippen molar-refractivity contribution in [2.24, 2.45) is 11.8 Å². The molecule has 7 atom stereocenters. The van der Waals surface area contributed by atoms with Crippen molar-refractivity contribution in [3.8, 4) is 0 Å². The number of ether oxygens (including phenoxy) is 1. The number of fused-ring (bicyclic) bond motifs is 1. The maximum absolute atomic E-state index is 13.5. The van der Waals surface area contributed by atoms with E-state index in [9.17, 15) is 23.1 Å². The Balaban J connectivity index is 1.50. The number of aliphatic hydroxyl groups excluding tert-OH is 1. The molecule has 2 aliphatic heterocycles. The Hall–Kier alpha value is -2.17. The van der Waals surface area contributed by atoms with Crippen molar-refractivity contribution in [2.45, 2.75) is 121 Å². The van der Waals surface area contributed by atoms with Gasteiger partial charge in [-0.1, -0.05) is 62.9 Å². The lowest BCUT2D eigenvalue weighted by molar-refractivity contribution is -0.132. The Morgan fingerprint density at radius 2 is 1.79 bits per heavy atom. The number of β-amino-alcohol motifs (C(OH)–C–C–N with tert-alkyl or cyclic N) is 1. The van der Waals surface area contributed by atoms with Gasteiger partial charge in [0, 0.05) is 18.6 Å². The Labute approximate surface area is 252 Å². The fraction of sp³-hybridized carbons (Fsp3) is 0.750. The second-order valence-corrected chi connectivity index (χ2v) is 16.0. The predicted octanol–water partition coefficient (Wildman–Crippen LogP) is 3.84. The molecule has 1 aliphatic carbocycles. The standard InChI is InChI=1S/C32H51N3O6S/c1-5-11-29-28(16-17-42(29,39)40)41-31(38)33-25(18-22-12-7-6-8-13-22)27(36)21-35-20-24-15-10-9-14-23(24)19-26(35)30(37)34-32(2,3)4/h6-8,12-13,23-29,36H,5,9-11,14-21H2,1-4H3,(H,33,38)(H,34,37)/t23-,24+,25-,26-,27+,28-,29-/m0/s1. The number of rotatable bonds is 10. The third kappa shape index (κ3) is 8.69. The summed E-state index contributed by atoms with van der Waals surface area (Å²) in [5.74, 6) is 1.00. The van der Waals surface area contributed by atoms with E-state index in [1.807, 2.05) is 58.0 Å². The summed E-state index contributed by atoms with van der Waals surface area (Å²) in [7, 11) is -3.29. The molecule has 0 aromatic heterocycles. The minimum atomic E-state index is -3.29. The van der Waals surface area contributed by atoms with Crippen molar-refractivity contribution >= 4 is 21.8 Å². The number of likely N-dealkylation sites (tertiary alicyclic amines) is 1. The zero-order valence-electron chi connectivity index (χ0n) is 25.8. The maximum Gasteiger partial charge on any atom is 0.407 e. The predicted molar refractivity (Wildman–Crippen MR) is 164 cm³/mol. The SMILES string of the molecule is CCC[C@H]1[C@@H](OC(=O)N[C@@H](Cc2ccccc2)[C@H](O)CN2C[C@H]3CCCC[C@H]3C[C@H]2C(=O)NC(C)(C)C)CCS1(=O)=O. The van der Waals surface area contributed by atoms with Gasteiger partial charge in [-0.25, -0.2) is 13.2 Å². The van der Waals surface area contributed by atoms with Crippen LogP contribution >= 0.6 is 0 Å². The molecule has 1 aromatic rings. The van der Waals surface area contributed by atoms with Gasteiger partial charge in [0.05, 0.1) is 29.2 Å². The molecule has 3 aliphatic rings. The van der Waals surface area contributed by atoms with Crippen LogP contribution in [0.3, 0.4) is 0 Å². The van der Waals surface area contributed by atoms with Gasteiger partial charge >= 0.3 is 6.09 Å². The van der Waals surface area contributed by atoms with E-state index in [-0.39, 0.29) is 36.2 Å².